The largest absolute Gasteiger partial charge is 0.490 e. The van der Waals surface area contributed by atoms with Crippen LogP contribution in [0.3, 0.4) is 0 Å². The standard InChI is InChI=1S/C23H22N6O4/c1-14-10-20(33-27-14)16-4-5-21-25-26-22(29(21)13-16)15(2)28-7-6-19-18(23(28)30)11-17(12-24-19)32-9-8-31-3/h4-7,10-13,15H,8-9H2,1-3H3/t15-/m0/s1. The number of rotatable bonds is 7. The van der Waals surface area contributed by atoms with Gasteiger partial charge in [0, 0.05) is 31.1 Å². The van der Waals surface area contributed by atoms with Crippen molar-refractivity contribution in [2.24, 2.45) is 0 Å². The van der Waals surface area contributed by atoms with Gasteiger partial charge < -0.3 is 18.6 Å². The van der Waals surface area contributed by atoms with Crippen LogP contribution >= 0.6 is 0 Å². The van der Waals surface area contributed by atoms with Gasteiger partial charge >= 0.3 is 0 Å². The summed E-state index contributed by atoms with van der Waals surface area (Å²) in [5, 5.41) is 13.0. The summed E-state index contributed by atoms with van der Waals surface area (Å²) in [6.07, 6.45) is 5.21. The van der Waals surface area contributed by atoms with E-state index in [1.807, 2.05) is 42.6 Å². The van der Waals surface area contributed by atoms with E-state index in [9.17, 15) is 4.79 Å². The van der Waals surface area contributed by atoms with E-state index in [4.69, 9.17) is 14.0 Å². The Bertz CT molecular complexity index is 1500. The Morgan fingerprint density at radius 3 is 2.82 bits per heavy atom. The molecular formula is C23H22N6O4. The molecule has 10 heteroatoms. The zero-order valence-corrected chi connectivity index (χ0v) is 18.4. The summed E-state index contributed by atoms with van der Waals surface area (Å²) in [5.74, 6) is 1.78. The van der Waals surface area contributed by atoms with Crippen molar-refractivity contribution in [2.75, 3.05) is 20.3 Å². The fourth-order valence-electron chi connectivity index (χ4n) is 3.71. The van der Waals surface area contributed by atoms with Gasteiger partial charge in [0.15, 0.2) is 17.2 Å². The molecule has 0 unspecified atom stereocenters. The maximum Gasteiger partial charge on any atom is 0.260 e. The molecule has 5 rings (SSSR count). The molecule has 0 fully saturated rings. The topological polar surface area (TPSA) is 110 Å². The van der Waals surface area contributed by atoms with Crippen molar-refractivity contribution in [3.63, 3.8) is 0 Å². The van der Waals surface area contributed by atoms with Crippen LogP contribution in [0, 0.1) is 6.92 Å². The molecule has 0 amide bonds. The molecule has 0 N–H and O–H groups in total. The Hall–Kier alpha value is -4.05. The first-order valence-electron chi connectivity index (χ1n) is 10.5. The van der Waals surface area contributed by atoms with E-state index in [-0.39, 0.29) is 11.6 Å². The van der Waals surface area contributed by atoms with E-state index in [1.54, 1.807) is 36.2 Å². The molecule has 5 heterocycles. The number of hydrogen-bond donors (Lipinski definition) is 0. The maximum absolute atomic E-state index is 13.3. The Labute approximate surface area is 188 Å². The van der Waals surface area contributed by atoms with E-state index >= 15 is 0 Å². The molecule has 5 aromatic heterocycles. The molecule has 0 aliphatic rings. The quantitative estimate of drug-likeness (QED) is 0.351. The zero-order chi connectivity index (χ0) is 22.9. The Balaban J connectivity index is 1.54. The van der Waals surface area contributed by atoms with Gasteiger partial charge in [-0.15, -0.1) is 10.2 Å². The minimum atomic E-state index is -0.387. The summed E-state index contributed by atoms with van der Waals surface area (Å²) in [6.45, 7) is 4.59. The number of ether oxygens (including phenoxy) is 2. The first-order valence-corrected chi connectivity index (χ1v) is 10.5. The molecule has 0 aliphatic heterocycles. The van der Waals surface area contributed by atoms with E-state index < -0.39 is 0 Å². The summed E-state index contributed by atoms with van der Waals surface area (Å²) in [7, 11) is 1.60. The monoisotopic (exact) mass is 446 g/mol. The third-order valence-corrected chi connectivity index (χ3v) is 5.44. The molecule has 168 valence electrons. The fourth-order valence-corrected chi connectivity index (χ4v) is 3.71. The number of pyridine rings is 3. The summed E-state index contributed by atoms with van der Waals surface area (Å²) in [5.41, 5.74) is 2.70. The number of aryl methyl sites for hydroxylation is 1. The predicted molar refractivity (Wildman–Crippen MR) is 120 cm³/mol. The van der Waals surface area contributed by atoms with Crippen molar-refractivity contribution in [3.8, 4) is 17.1 Å². The lowest BCUT2D eigenvalue weighted by atomic mass is 10.2. The summed E-state index contributed by atoms with van der Waals surface area (Å²) >= 11 is 0. The predicted octanol–water partition coefficient (Wildman–Crippen LogP) is 3.04. The Kier molecular flexibility index (Phi) is 5.35. The van der Waals surface area contributed by atoms with Crippen molar-refractivity contribution < 1.29 is 14.0 Å². The second kappa shape index (κ2) is 8.47. The SMILES string of the molecule is COCCOc1cnc2ccn([C@@H](C)c3nnc4ccc(-c5cc(C)no5)cn34)c(=O)c2c1. The van der Waals surface area contributed by atoms with Crippen LogP contribution in [-0.4, -0.2) is 49.6 Å². The lowest BCUT2D eigenvalue weighted by molar-refractivity contribution is 0.146. The molecule has 0 aromatic carbocycles. The molecule has 1 atom stereocenters. The summed E-state index contributed by atoms with van der Waals surface area (Å²) in [4.78, 5) is 17.7. The van der Waals surface area contributed by atoms with Gasteiger partial charge in [0.25, 0.3) is 5.56 Å². The molecule has 0 saturated carbocycles. The number of hydrogen-bond acceptors (Lipinski definition) is 8. The van der Waals surface area contributed by atoms with E-state index in [2.05, 4.69) is 20.3 Å². The zero-order valence-electron chi connectivity index (χ0n) is 18.4. The molecule has 0 aliphatic carbocycles. The molecule has 0 radical (unpaired) electrons. The van der Waals surface area contributed by atoms with E-state index in [0.717, 1.165) is 11.3 Å². The molecule has 0 spiro atoms. The van der Waals surface area contributed by atoms with Gasteiger partial charge in [0.2, 0.25) is 0 Å². The van der Waals surface area contributed by atoms with E-state index in [0.29, 0.717) is 47.1 Å². The van der Waals surface area contributed by atoms with Crippen molar-refractivity contribution in [1.29, 1.82) is 0 Å². The minimum absolute atomic E-state index is 0.191. The third-order valence-electron chi connectivity index (χ3n) is 5.44. The molecule has 10 nitrogen and oxygen atoms in total. The second-order valence-corrected chi connectivity index (χ2v) is 7.69. The van der Waals surface area contributed by atoms with Gasteiger partial charge in [-0.05, 0) is 38.1 Å². The first kappa shape index (κ1) is 20.8. The first-order chi connectivity index (χ1) is 16.0. The lowest BCUT2D eigenvalue weighted by Crippen LogP contribution is -2.25. The molecule has 0 bridgehead atoms. The Morgan fingerprint density at radius 2 is 2.03 bits per heavy atom. The average molecular weight is 446 g/mol. The van der Waals surface area contributed by atoms with Crippen molar-refractivity contribution >= 4 is 16.6 Å². The van der Waals surface area contributed by atoms with Crippen LogP contribution in [0.4, 0.5) is 0 Å². The molecule has 0 saturated heterocycles. The summed E-state index contributed by atoms with van der Waals surface area (Å²) < 4.78 is 19.5. The van der Waals surface area contributed by atoms with Gasteiger partial charge in [0.1, 0.15) is 12.4 Å². The van der Waals surface area contributed by atoms with Gasteiger partial charge in [-0.1, -0.05) is 5.16 Å². The van der Waals surface area contributed by atoms with Crippen molar-refractivity contribution in [1.82, 2.24) is 29.3 Å². The maximum atomic E-state index is 13.3. The highest BCUT2D eigenvalue weighted by Gasteiger charge is 2.19. The van der Waals surface area contributed by atoms with Gasteiger partial charge in [-0.2, -0.15) is 0 Å². The number of nitrogens with zero attached hydrogens (tertiary/aromatic N) is 6. The normalized spacial score (nSPS) is 12.5. The van der Waals surface area contributed by atoms with Crippen LogP contribution in [0.2, 0.25) is 0 Å². The molecule has 5 aromatic rings. The fraction of sp³-hybridized carbons (Fsp3) is 0.261. The third kappa shape index (κ3) is 3.85. The van der Waals surface area contributed by atoms with Crippen LogP contribution in [-0.2, 0) is 4.74 Å². The highest BCUT2D eigenvalue weighted by molar-refractivity contribution is 5.78. The van der Waals surface area contributed by atoms with Gasteiger partial charge in [-0.3, -0.25) is 14.2 Å². The van der Waals surface area contributed by atoms with Crippen LogP contribution in [0.1, 0.15) is 24.5 Å². The van der Waals surface area contributed by atoms with Gasteiger partial charge in [-0.25, -0.2) is 0 Å². The van der Waals surface area contributed by atoms with Crippen LogP contribution in [0.25, 0.3) is 27.9 Å². The molecule has 33 heavy (non-hydrogen) atoms. The lowest BCUT2D eigenvalue weighted by Gasteiger charge is -2.15. The molecular weight excluding hydrogens is 424 g/mol. The van der Waals surface area contributed by atoms with Crippen LogP contribution < -0.4 is 10.3 Å². The number of methoxy groups -OCH3 is 1. The van der Waals surface area contributed by atoms with Crippen molar-refractivity contribution in [3.05, 3.63) is 70.8 Å². The average Bonchev–Trinajstić information content (AvgIpc) is 3.45. The smallest absolute Gasteiger partial charge is 0.260 e. The highest BCUT2D eigenvalue weighted by atomic mass is 16.5. The van der Waals surface area contributed by atoms with Crippen LogP contribution in [0.5, 0.6) is 5.75 Å². The Morgan fingerprint density at radius 1 is 1.15 bits per heavy atom. The van der Waals surface area contributed by atoms with Crippen molar-refractivity contribution in [2.45, 2.75) is 19.9 Å². The van der Waals surface area contributed by atoms with Crippen LogP contribution in [0.15, 0.2) is 58.2 Å². The second-order valence-electron chi connectivity index (χ2n) is 7.69. The highest BCUT2D eigenvalue weighted by Crippen LogP contribution is 2.24. The van der Waals surface area contributed by atoms with Gasteiger partial charge in [0.05, 0.1) is 35.4 Å². The summed E-state index contributed by atoms with van der Waals surface area (Å²) in [6, 6.07) is 8.74. The minimum Gasteiger partial charge on any atom is -0.490 e. The number of fused-ring (bicyclic) bond motifs is 2. The number of aromatic nitrogens is 6. The van der Waals surface area contributed by atoms with E-state index in [1.165, 1.54) is 0 Å².